The third-order valence-corrected chi connectivity index (χ3v) is 3.32. The van der Waals surface area contributed by atoms with E-state index < -0.39 is 6.61 Å². The van der Waals surface area contributed by atoms with E-state index in [2.05, 4.69) is 10.1 Å². The quantitative estimate of drug-likeness (QED) is 0.859. The van der Waals surface area contributed by atoms with Crippen LogP contribution >= 0.6 is 0 Å². The van der Waals surface area contributed by atoms with Gasteiger partial charge < -0.3 is 14.8 Å². The number of amides is 1. The van der Waals surface area contributed by atoms with Crippen molar-refractivity contribution in [2.45, 2.75) is 27.4 Å². The number of carbonyl (C=O) groups excluding carboxylic acids is 1. The van der Waals surface area contributed by atoms with Crippen molar-refractivity contribution < 1.29 is 23.0 Å². The summed E-state index contributed by atoms with van der Waals surface area (Å²) in [5, 5.41) is 2.64. The Labute approximate surface area is 139 Å². The van der Waals surface area contributed by atoms with Gasteiger partial charge in [0.25, 0.3) is 5.91 Å². The molecule has 1 amide bonds. The molecule has 0 aromatic heterocycles. The number of hydrogen-bond acceptors (Lipinski definition) is 3. The van der Waals surface area contributed by atoms with Crippen molar-refractivity contribution >= 4 is 11.6 Å². The van der Waals surface area contributed by atoms with Gasteiger partial charge in [0.2, 0.25) is 0 Å². The highest BCUT2D eigenvalue weighted by atomic mass is 19.3. The summed E-state index contributed by atoms with van der Waals surface area (Å²) >= 11 is 0. The molecule has 0 aliphatic rings. The van der Waals surface area contributed by atoms with Gasteiger partial charge in [0.15, 0.2) is 6.61 Å². The van der Waals surface area contributed by atoms with Crippen LogP contribution in [0.15, 0.2) is 36.4 Å². The van der Waals surface area contributed by atoms with Gasteiger partial charge in [-0.15, -0.1) is 0 Å². The third kappa shape index (κ3) is 4.94. The molecule has 0 spiro atoms. The van der Waals surface area contributed by atoms with E-state index in [9.17, 15) is 13.6 Å². The fraction of sp³-hybridized carbons (Fsp3) is 0.278. The summed E-state index contributed by atoms with van der Waals surface area (Å²) in [6, 6.07) is 9.66. The van der Waals surface area contributed by atoms with Crippen molar-refractivity contribution in [1.29, 1.82) is 0 Å². The monoisotopic (exact) mass is 335 g/mol. The van der Waals surface area contributed by atoms with Crippen LogP contribution in [0.4, 0.5) is 14.5 Å². The van der Waals surface area contributed by atoms with Crippen LogP contribution in [0.25, 0.3) is 0 Å². The Morgan fingerprint density at radius 2 is 1.67 bits per heavy atom. The molecule has 0 atom stereocenters. The highest BCUT2D eigenvalue weighted by molar-refractivity contribution is 5.91. The zero-order valence-corrected chi connectivity index (χ0v) is 13.7. The average Bonchev–Trinajstić information content (AvgIpc) is 2.47. The predicted octanol–water partition coefficient (Wildman–Crippen LogP) is 4.23. The van der Waals surface area contributed by atoms with Crippen LogP contribution in [-0.4, -0.2) is 19.1 Å². The van der Waals surface area contributed by atoms with Crippen LogP contribution in [0.2, 0.25) is 0 Å². The third-order valence-electron chi connectivity index (χ3n) is 3.32. The van der Waals surface area contributed by atoms with Crippen LogP contribution in [0.1, 0.15) is 16.7 Å². The summed E-state index contributed by atoms with van der Waals surface area (Å²) in [5.41, 5.74) is 3.54. The molecule has 24 heavy (non-hydrogen) atoms. The summed E-state index contributed by atoms with van der Waals surface area (Å²) in [4.78, 5) is 12.0. The number of carbonyl (C=O) groups is 1. The fourth-order valence-electron chi connectivity index (χ4n) is 2.45. The van der Waals surface area contributed by atoms with Gasteiger partial charge >= 0.3 is 6.61 Å². The largest absolute Gasteiger partial charge is 0.483 e. The van der Waals surface area contributed by atoms with Crippen molar-refractivity contribution in [2.75, 3.05) is 11.9 Å². The minimum atomic E-state index is -2.88. The van der Waals surface area contributed by atoms with E-state index in [-0.39, 0.29) is 18.3 Å². The SMILES string of the molecule is Cc1cc(C)c(OCC(=O)Nc2ccc(OC(F)F)cc2)c(C)c1. The first-order chi connectivity index (χ1) is 11.3. The van der Waals surface area contributed by atoms with Crippen LogP contribution < -0.4 is 14.8 Å². The van der Waals surface area contributed by atoms with E-state index in [4.69, 9.17) is 4.74 Å². The Hall–Kier alpha value is -2.63. The number of anilines is 1. The van der Waals surface area contributed by atoms with E-state index in [1.165, 1.54) is 24.3 Å². The van der Waals surface area contributed by atoms with Crippen molar-refractivity contribution in [3.8, 4) is 11.5 Å². The molecule has 0 bridgehead atoms. The lowest BCUT2D eigenvalue weighted by molar-refractivity contribution is -0.118. The maximum absolute atomic E-state index is 12.1. The van der Waals surface area contributed by atoms with Gasteiger partial charge in [-0.1, -0.05) is 17.7 Å². The van der Waals surface area contributed by atoms with Crippen LogP contribution in [0, 0.1) is 20.8 Å². The molecule has 0 fully saturated rings. The van der Waals surface area contributed by atoms with Gasteiger partial charge in [-0.05, 0) is 56.2 Å². The molecule has 2 rings (SSSR count). The van der Waals surface area contributed by atoms with Crippen molar-refractivity contribution in [3.63, 3.8) is 0 Å². The molecule has 0 radical (unpaired) electrons. The maximum Gasteiger partial charge on any atom is 0.387 e. The van der Waals surface area contributed by atoms with Gasteiger partial charge in [0.05, 0.1) is 0 Å². The number of nitrogens with one attached hydrogen (secondary N) is 1. The zero-order valence-electron chi connectivity index (χ0n) is 13.7. The van der Waals surface area contributed by atoms with Crippen molar-refractivity contribution in [2.24, 2.45) is 0 Å². The Morgan fingerprint density at radius 3 is 2.21 bits per heavy atom. The molecule has 2 aromatic carbocycles. The van der Waals surface area contributed by atoms with E-state index in [0.717, 1.165) is 16.7 Å². The smallest absolute Gasteiger partial charge is 0.387 e. The van der Waals surface area contributed by atoms with E-state index in [1.54, 1.807) is 0 Å². The number of halogens is 2. The number of rotatable bonds is 6. The molecule has 2 aromatic rings. The van der Waals surface area contributed by atoms with Crippen LogP contribution in [0.3, 0.4) is 0 Å². The summed E-state index contributed by atoms with van der Waals surface area (Å²) in [6.07, 6.45) is 0. The minimum Gasteiger partial charge on any atom is -0.483 e. The highest BCUT2D eigenvalue weighted by Crippen LogP contribution is 2.24. The number of alkyl halides is 2. The lowest BCUT2D eigenvalue weighted by Gasteiger charge is -2.13. The second-order valence-electron chi connectivity index (χ2n) is 5.47. The lowest BCUT2D eigenvalue weighted by atomic mass is 10.1. The van der Waals surface area contributed by atoms with Gasteiger partial charge in [0.1, 0.15) is 11.5 Å². The number of aryl methyl sites for hydroxylation is 3. The molecule has 128 valence electrons. The number of benzene rings is 2. The maximum atomic E-state index is 12.1. The predicted molar refractivity (Wildman–Crippen MR) is 87.9 cm³/mol. The molecule has 0 saturated heterocycles. The van der Waals surface area contributed by atoms with Crippen LogP contribution in [0.5, 0.6) is 11.5 Å². The van der Waals surface area contributed by atoms with E-state index in [1.807, 2.05) is 32.9 Å². The molecule has 6 heteroatoms. The molecule has 0 heterocycles. The van der Waals surface area contributed by atoms with Gasteiger partial charge in [-0.3, -0.25) is 4.79 Å². The fourth-order valence-corrected chi connectivity index (χ4v) is 2.45. The first kappa shape index (κ1) is 17.7. The lowest BCUT2D eigenvalue weighted by Crippen LogP contribution is -2.20. The van der Waals surface area contributed by atoms with Gasteiger partial charge in [-0.25, -0.2) is 0 Å². The van der Waals surface area contributed by atoms with Crippen molar-refractivity contribution in [3.05, 3.63) is 53.1 Å². The number of hydrogen-bond donors (Lipinski definition) is 1. The van der Waals surface area contributed by atoms with Crippen LogP contribution in [-0.2, 0) is 4.79 Å². The molecule has 0 saturated carbocycles. The van der Waals surface area contributed by atoms with Crippen molar-refractivity contribution in [1.82, 2.24) is 0 Å². The summed E-state index contributed by atoms with van der Waals surface area (Å²) in [7, 11) is 0. The average molecular weight is 335 g/mol. The molecular weight excluding hydrogens is 316 g/mol. The second kappa shape index (κ2) is 7.77. The molecular formula is C18H19F2NO3. The molecule has 0 aliphatic carbocycles. The first-order valence-electron chi connectivity index (χ1n) is 7.40. The molecule has 1 N–H and O–H groups in total. The Kier molecular flexibility index (Phi) is 5.73. The Bertz CT molecular complexity index is 692. The summed E-state index contributed by atoms with van der Waals surface area (Å²) in [6.45, 7) is 2.84. The Balaban J connectivity index is 1.92. The normalized spacial score (nSPS) is 10.6. The van der Waals surface area contributed by atoms with Gasteiger partial charge in [-0.2, -0.15) is 8.78 Å². The van der Waals surface area contributed by atoms with E-state index in [0.29, 0.717) is 11.4 Å². The summed E-state index contributed by atoms with van der Waals surface area (Å²) < 4.78 is 34.0. The molecule has 0 aliphatic heterocycles. The second-order valence-corrected chi connectivity index (χ2v) is 5.47. The zero-order chi connectivity index (χ0) is 17.7. The first-order valence-corrected chi connectivity index (χ1v) is 7.40. The standard InChI is InChI=1S/C18H19F2NO3/c1-11-8-12(2)17(13(3)9-11)23-10-16(22)21-14-4-6-15(7-5-14)24-18(19)20/h4-9,18H,10H2,1-3H3,(H,21,22). The topological polar surface area (TPSA) is 47.6 Å². The summed E-state index contributed by atoms with van der Waals surface area (Å²) in [5.74, 6) is 0.387. The molecule has 4 nitrogen and oxygen atoms in total. The van der Waals surface area contributed by atoms with E-state index >= 15 is 0 Å². The molecule has 0 unspecified atom stereocenters. The Morgan fingerprint density at radius 1 is 1.08 bits per heavy atom. The minimum absolute atomic E-state index is 0.0325. The number of ether oxygens (including phenoxy) is 2. The highest BCUT2D eigenvalue weighted by Gasteiger charge is 2.09. The van der Waals surface area contributed by atoms with Gasteiger partial charge in [0, 0.05) is 5.69 Å².